The van der Waals surface area contributed by atoms with Gasteiger partial charge in [0.2, 0.25) is 15.9 Å². The summed E-state index contributed by atoms with van der Waals surface area (Å²) in [5, 5.41) is 2.80. The summed E-state index contributed by atoms with van der Waals surface area (Å²) >= 11 is 0. The molecule has 1 amide bonds. The molecule has 7 heteroatoms. The zero-order valence-corrected chi connectivity index (χ0v) is 18.3. The lowest BCUT2D eigenvalue weighted by molar-refractivity contribution is -0.122. The van der Waals surface area contributed by atoms with Gasteiger partial charge in [0.05, 0.1) is 4.90 Å². The van der Waals surface area contributed by atoms with E-state index in [9.17, 15) is 13.2 Å². The van der Waals surface area contributed by atoms with Gasteiger partial charge in [-0.15, -0.1) is 0 Å². The SMILES string of the molecule is COCCCNC(=O)[C@@H](Cc1ccccc1)NS(=O)(=O)c1c(C)cc(C)cc1C. The number of sulfonamides is 1. The molecular weight excluding hydrogens is 388 g/mol. The first-order valence-corrected chi connectivity index (χ1v) is 11.1. The highest BCUT2D eigenvalue weighted by Crippen LogP contribution is 2.22. The minimum atomic E-state index is -3.87. The van der Waals surface area contributed by atoms with Gasteiger partial charge >= 0.3 is 0 Å². The molecule has 0 aliphatic heterocycles. The van der Waals surface area contributed by atoms with Crippen molar-refractivity contribution in [3.63, 3.8) is 0 Å². The number of hydrogen-bond acceptors (Lipinski definition) is 4. The zero-order valence-electron chi connectivity index (χ0n) is 17.5. The number of methoxy groups -OCH3 is 1. The maximum absolute atomic E-state index is 13.2. The molecule has 0 spiro atoms. The zero-order chi connectivity index (χ0) is 21.4. The van der Waals surface area contributed by atoms with Crippen molar-refractivity contribution < 1.29 is 17.9 Å². The summed E-state index contributed by atoms with van der Waals surface area (Å²) in [5.74, 6) is -0.351. The molecule has 0 heterocycles. The second-order valence-corrected chi connectivity index (χ2v) is 8.88. The molecule has 158 valence electrons. The van der Waals surface area contributed by atoms with Crippen molar-refractivity contribution in [2.75, 3.05) is 20.3 Å². The van der Waals surface area contributed by atoms with Crippen LogP contribution in [0.4, 0.5) is 0 Å². The quantitative estimate of drug-likeness (QED) is 0.581. The number of carbonyl (C=O) groups is 1. The van der Waals surface area contributed by atoms with Crippen LogP contribution in [0.25, 0.3) is 0 Å². The fourth-order valence-electron chi connectivity index (χ4n) is 3.43. The van der Waals surface area contributed by atoms with Crippen molar-refractivity contribution in [1.82, 2.24) is 10.0 Å². The normalized spacial score (nSPS) is 12.6. The summed E-state index contributed by atoms with van der Waals surface area (Å²) in [7, 11) is -2.28. The second-order valence-electron chi connectivity index (χ2n) is 7.23. The summed E-state index contributed by atoms with van der Waals surface area (Å²) in [5.41, 5.74) is 3.20. The summed E-state index contributed by atoms with van der Waals surface area (Å²) in [6.07, 6.45) is 0.920. The molecule has 0 aromatic heterocycles. The van der Waals surface area contributed by atoms with Crippen molar-refractivity contribution >= 4 is 15.9 Å². The average molecular weight is 419 g/mol. The van der Waals surface area contributed by atoms with E-state index < -0.39 is 16.1 Å². The van der Waals surface area contributed by atoms with Gasteiger partial charge in [-0.2, -0.15) is 4.72 Å². The van der Waals surface area contributed by atoms with Crippen molar-refractivity contribution in [1.29, 1.82) is 0 Å². The fraction of sp³-hybridized carbons (Fsp3) is 0.409. The number of hydrogen-bond donors (Lipinski definition) is 2. The standard InChI is InChI=1S/C22H30N2O4S/c1-16-13-17(2)21(18(3)14-16)29(26,27)24-20(15-19-9-6-5-7-10-19)22(25)23-11-8-12-28-4/h5-7,9-10,13-14,20,24H,8,11-12,15H2,1-4H3,(H,23,25)/t20-/m1/s1. The third-order valence-corrected chi connectivity index (χ3v) is 6.37. The number of carbonyl (C=O) groups excluding carboxylic acids is 1. The van der Waals surface area contributed by atoms with E-state index in [0.29, 0.717) is 30.7 Å². The molecular formula is C22H30N2O4S. The monoisotopic (exact) mass is 418 g/mol. The molecule has 0 radical (unpaired) electrons. The first-order valence-electron chi connectivity index (χ1n) is 9.65. The lowest BCUT2D eigenvalue weighted by atomic mass is 10.1. The Morgan fingerprint density at radius 1 is 1.07 bits per heavy atom. The molecule has 2 N–H and O–H groups in total. The molecule has 6 nitrogen and oxygen atoms in total. The number of amides is 1. The lowest BCUT2D eigenvalue weighted by Gasteiger charge is -2.20. The van der Waals surface area contributed by atoms with Crippen LogP contribution in [0, 0.1) is 20.8 Å². The van der Waals surface area contributed by atoms with Gasteiger partial charge in [-0.3, -0.25) is 4.79 Å². The van der Waals surface area contributed by atoms with Crippen LogP contribution in [0.1, 0.15) is 28.7 Å². The number of ether oxygens (including phenoxy) is 1. The Bertz CT molecular complexity index is 904. The highest BCUT2D eigenvalue weighted by Gasteiger charge is 2.28. The molecule has 0 bridgehead atoms. The average Bonchev–Trinajstić information content (AvgIpc) is 2.64. The van der Waals surface area contributed by atoms with E-state index in [4.69, 9.17) is 4.74 Å². The fourth-order valence-corrected chi connectivity index (χ4v) is 5.07. The Labute approximate surface area is 173 Å². The van der Waals surface area contributed by atoms with E-state index in [-0.39, 0.29) is 17.2 Å². The molecule has 2 aromatic rings. The van der Waals surface area contributed by atoms with Gasteiger partial charge in [0.15, 0.2) is 0 Å². The van der Waals surface area contributed by atoms with E-state index in [0.717, 1.165) is 11.1 Å². The highest BCUT2D eigenvalue weighted by atomic mass is 32.2. The third kappa shape index (κ3) is 6.66. The first-order chi connectivity index (χ1) is 13.7. The van der Waals surface area contributed by atoms with Crippen LogP contribution in [0.5, 0.6) is 0 Å². The van der Waals surface area contributed by atoms with E-state index in [1.54, 1.807) is 21.0 Å². The smallest absolute Gasteiger partial charge is 0.241 e. The molecule has 1 atom stereocenters. The van der Waals surface area contributed by atoms with Gasteiger partial charge in [-0.05, 0) is 50.3 Å². The third-order valence-electron chi connectivity index (χ3n) is 4.59. The Morgan fingerprint density at radius 2 is 1.69 bits per heavy atom. The number of rotatable bonds is 10. The molecule has 0 aliphatic rings. The van der Waals surface area contributed by atoms with Crippen LogP contribution < -0.4 is 10.0 Å². The summed E-state index contributed by atoms with van der Waals surface area (Å²) < 4.78 is 33.9. The molecule has 2 aromatic carbocycles. The Morgan fingerprint density at radius 3 is 2.28 bits per heavy atom. The first kappa shape index (κ1) is 23.1. The predicted molar refractivity (Wildman–Crippen MR) is 114 cm³/mol. The van der Waals surface area contributed by atoms with Crippen LogP contribution in [0.3, 0.4) is 0 Å². The van der Waals surface area contributed by atoms with Crippen LogP contribution in [0.15, 0.2) is 47.4 Å². The van der Waals surface area contributed by atoms with Gasteiger partial charge in [0, 0.05) is 20.3 Å². The minimum absolute atomic E-state index is 0.230. The lowest BCUT2D eigenvalue weighted by Crippen LogP contribution is -2.48. The Kier molecular flexibility index (Phi) is 8.37. The largest absolute Gasteiger partial charge is 0.385 e. The van der Waals surface area contributed by atoms with Crippen molar-refractivity contribution in [2.24, 2.45) is 0 Å². The summed E-state index contributed by atoms with van der Waals surface area (Å²) in [4.78, 5) is 13.0. The molecule has 0 fully saturated rings. The van der Waals surface area contributed by atoms with Gasteiger partial charge in [0.25, 0.3) is 0 Å². The van der Waals surface area contributed by atoms with Gasteiger partial charge < -0.3 is 10.1 Å². The van der Waals surface area contributed by atoms with Crippen molar-refractivity contribution in [2.45, 2.75) is 44.6 Å². The second kappa shape index (κ2) is 10.5. The number of benzene rings is 2. The number of nitrogens with one attached hydrogen (secondary N) is 2. The van der Waals surface area contributed by atoms with Crippen LogP contribution >= 0.6 is 0 Å². The molecule has 0 saturated heterocycles. The minimum Gasteiger partial charge on any atom is -0.385 e. The topological polar surface area (TPSA) is 84.5 Å². The summed E-state index contributed by atoms with van der Waals surface area (Å²) in [6.45, 7) is 6.41. The van der Waals surface area contributed by atoms with Gasteiger partial charge in [-0.25, -0.2) is 8.42 Å². The van der Waals surface area contributed by atoms with Gasteiger partial charge in [0.1, 0.15) is 6.04 Å². The van der Waals surface area contributed by atoms with Crippen molar-refractivity contribution in [3.05, 3.63) is 64.7 Å². The molecule has 2 rings (SSSR count). The molecule has 0 saturated carbocycles. The van der Waals surface area contributed by atoms with Crippen LogP contribution in [0.2, 0.25) is 0 Å². The van der Waals surface area contributed by atoms with Crippen LogP contribution in [-0.4, -0.2) is 40.6 Å². The summed E-state index contributed by atoms with van der Waals surface area (Å²) in [6, 6.07) is 12.1. The van der Waals surface area contributed by atoms with E-state index in [1.165, 1.54) is 0 Å². The predicted octanol–water partition coefficient (Wildman–Crippen LogP) is 2.65. The Hall–Kier alpha value is -2.22. The van der Waals surface area contributed by atoms with Crippen molar-refractivity contribution in [3.8, 4) is 0 Å². The number of aryl methyl sites for hydroxylation is 3. The van der Waals surface area contributed by atoms with Crippen LogP contribution in [-0.2, 0) is 26.0 Å². The molecule has 0 aliphatic carbocycles. The highest BCUT2D eigenvalue weighted by molar-refractivity contribution is 7.89. The molecule has 29 heavy (non-hydrogen) atoms. The maximum atomic E-state index is 13.2. The van der Waals surface area contributed by atoms with E-state index in [1.807, 2.05) is 49.4 Å². The van der Waals surface area contributed by atoms with E-state index >= 15 is 0 Å². The maximum Gasteiger partial charge on any atom is 0.241 e. The molecule has 0 unspecified atom stereocenters. The van der Waals surface area contributed by atoms with Gasteiger partial charge in [-0.1, -0.05) is 48.0 Å². The Balaban J connectivity index is 2.27. The van der Waals surface area contributed by atoms with E-state index in [2.05, 4.69) is 10.0 Å².